The van der Waals surface area contributed by atoms with Crippen molar-refractivity contribution in [2.45, 2.75) is 52.0 Å². The zero-order valence-corrected chi connectivity index (χ0v) is 16.7. The molecular formula is C20H28Cl2N2O. The van der Waals surface area contributed by atoms with Crippen LogP contribution in [0.3, 0.4) is 0 Å². The highest BCUT2D eigenvalue weighted by atomic mass is 35.5. The number of nitrogens with zero attached hydrogens (tertiary/aromatic N) is 2. The third-order valence-electron chi connectivity index (χ3n) is 5.79. The van der Waals surface area contributed by atoms with Crippen LogP contribution in [0.5, 0.6) is 0 Å². The Morgan fingerprint density at radius 1 is 1.12 bits per heavy atom. The highest BCUT2D eigenvalue weighted by Gasteiger charge is 2.40. The molecule has 2 aliphatic rings. The minimum atomic E-state index is 0.161. The predicted octanol–water partition coefficient (Wildman–Crippen LogP) is 4.65. The Morgan fingerprint density at radius 2 is 1.84 bits per heavy atom. The van der Waals surface area contributed by atoms with Crippen molar-refractivity contribution >= 4 is 29.1 Å². The molecule has 1 atom stereocenters. The van der Waals surface area contributed by atoms with E-state index in [1.165, 1.54) is 32.4 Å². The van der Waals surface area contributed by atoms with E-state index in [9.17, 15) is 4.79 Å². The lowest BCUT2D eigenvalue weighted by Crippen LogP contribution is -2.57. The number of piperidine rings is 1. The lowest BCUT2D eigenvalue weighted by Gasteiger charge is -2.48. The predicted molar refractivity (Wildman–Crippen MR) is 104 cm³/mol. The van der Waals surface area contributed by atoms with Gasteiger partial charge in [-0.15, -0.1) is 0 Å². The molecule has 0 bridgehead atoms. The molecular weight excluding hydrogens is 355 g/mol. The zero-order valence-electron chi connectivity index (χ0n) is 15.2. The lowest BCUT2D eigenvalue weighted by atomic mass is 9.76. The monoisotopic (exact) mass is 382 g/mol. The van der Waals surface area contributed by atoms with Gasteiger partial charge in [0.25, 0.3) is 0 Å². The molecule has 0 radical (unpaired) electrons. The van der Waals surface area contributed by atoms with Crippen molar-refractivity contribution in [3.8, 4) is 0 Å². The molecule has 2 heterocycles. The average Bonchev–Trinajstić information content (AvgIpc) is 3.06. The summed E-state index contributed by atoms with van der Waals surface area (Å²) in [7, 11) is 0. The Labute approximate surface area is 161 Å². The largest absolute Gasteiger partial charge is 0.338 e. The van der Waals surface area contributed by atoms with Crippen molar-refractivity contribution in [1.29, 1.82) is 0 Å². The van der Waals surface area contributed by atoms with Crippen LogP contribution < -0.4 is 0 Å². The second-order valence-corrected chi connectivity index (χ2v) is 8.94. The van der Waals surface area contributed by atoms with E-state index < -0.39 is 0 Å². The maximum Gasteiger partial charge on any atom is 0.227 e. The fourth-order valence-electron chi connectivity index (χ4n) is 4.23. The maximum atomic E-state index is 13.1. The van der Waals surface area contributed by atoms with Crippen LogP contribution in [0.15, 0.2) is 18.2 Å². The molecule has 2 saturated heterocycles. The van der Waals surface area contributed by atoms with Crippen LogP contribution in [-0.2, 0) is 11.2 Å². The number of rotatable bonds is 4. The highest BCUT2D eigenvalue weighted by molar-refractivity contribution is 6.42. The standard InChI is InChI=1S/C20H28Cl2N2O/c1-20(2)8-5-11-24(18(20)14-23-9-3-4-10-23)19(25)13-15-6-7-16(21)17(22)12-15/h6-7,12,18H,3-5,8-11,13-14H2,1-2H3. The van der Waals surface area contributed by atoms with Crippen molar-refractivity contribution in [1.82, 2.24) is 9.80 Å². The molecule has 0 saturated carbocycles. The summed E-state index contributed by atoms with van der Waals surface area (Å²) in [5.41, 5.74) is 1.09. The molecule has 0 N–H and O–H groups in total. The van der Waals surface area contributed by atoms with Gasteiger partial charge in [-0.05, 0) is 61.9 Å². The maximum absolute atomic E-state index is 13.1. The molecule has 0 aromatic heterocycles. The molecule has 3 rings (SSSR count). The molecule has 1 aromatic rings. The fraction of sp³-hybridized carbons (Fsp3) is 0.650. The molecule has 0 spiro atoms. The van der Waals surface area contributed by atoms with E-state index in [2.05, 4.69) is 23.6 Å². The summed E-state index contributed by atoms with van der Waals surface area (Å²) < 4.78 is 0. The van der Waals surface area contributed by atoms with Gasteiger partial charge in [0.05, 0.1) is 16.5 Å². The Balaban J connectivity index is 1.74. The number of carbonyl (C=O) groups is 1. The highest BCUT2D eigenvalue weighted by Crippen LogP contribution is 2.36. The second-order valence-electron chi connectivity index (χ2n) is 8.13. The Hall–Kier alpha value is -0.770. The summed E-state index contributed by atoms with van der Waals surface area (Å²) >= 11 is 12.1. The average molecular weight is 383 g/mol. The topological polar surface area (TPSA) is 23.6 Å². The number of halogens is 2. The number of amides is 1. The van der Waals surface area contributed by atoms with Gasteiger partial charge in [-0.1, -0.05) is 43.1 Å². The van der Waals surface area contributed by atoms with Gasteiger partial charge in [0.2, 0.25) is 5.91 Å². The molecule has 1 aromatic carbocycles. The second kappa shape index (κ2) is 7.85. The summed E-state index contributed by atoms with van der Waals surface area (Å²) in [6, 6.07) is 5.77. The molecule has 2 aliphatic heterocycles. The molecule has 25 heavy (non-hydrogen) atoms. The first-order chi connectivity index (χ1) is 11.9. The number of hydrogen-bond acceptors (Lipinski definition) is 2. The molecule has 5 heteroatoms. The van der Waals surface area contributed by atoms with Crippen LogP contribution in [0.2, 0.25) is 10.0 Å². The van der Waals surface area contributed by atoms with Crippen LogP contribution in [0, 0.1) is 5.41 Å². The molecule has 138 valence electrons. The van der Waals surface area contributed by atoms with Gasteiger partial charge < -0.3 is 9.80 Å². The summed E-state index contributed by atoms with van der Waals surface area (Å²) in [6.45, 7) is 8.82. The van der Waals surface area contributed by atoms with Crippen LogP contribution in [0.4, 0.5) is 0 Å². The van der Waals surface area contributed by atoms with Gasteiger partial charge in [0, 0.05) is 19.1 Å². The van der Waals surface area contributed by atoms with Crippen molar-refractivity contribution < 1.29 is 4.79 Å². The zero-order chi connectivity index (χ0) is 18.0. The molecule has 2 fully saturated rings. The van der Waals surface area contributed by atoms with Gasteiger partial charge in [-0.3, -0.25) is 4.79 Å². The first-order valence-electron chi connectivity index (χ1n) is 9.32. The minimum Gasteiger partial charge on any atom is -0.338 e. The third-order valence-corrected chi connectivity index (χ3v) is 6.53. The fourth-order valence-corrected chi connectivity index (χ4v) is 4.55. The Bertz CT molecular complexity index is 626. The van der Waals surface area contributed by atoms with E-state index in [-0.39, 0.29) is 17.4 Å². The van der Waals surface area contributed by atoms with Gasteiger partial charge >= 0.3 is 0 Å². The summed E-state index contributed by atoms with van der Waals surface area (Å²) in [6.07, 6.45) is 5.22. The molecule has 1 unspecified atom stereocenters. The van der Waals surface area contributed by atoms with Gasteiger partial charge in [-0.25, -0.2) is 0 Å². The van der Waals surface area contributed by atoms with Crippen molar-refractivity contribution in [2.75, 3.05) is 26.2 Å². The summed E-state index contributed by atoms with van der Waals surface area (Å²) in [4.78, 5) is 17.7. The third kappa shape index (κ3) is 4.50. The first-order valence-corrected chi connectivity index (χ1v) is 10.1. The quantitative estimate of drug-likeness (QED) is 0.756. The van der Waals surface area contributed by atoms with Crippen molar-refractivity contribution in [3.05, 3.63) is 33.8 Å². The minimum absolute atomic E-state index is 0.161. The SMILES string of the molecule is CC1(C)CCCN(C(=O)Cc2ccc(Cl)c(Cl)c2)C1CN1CCCC1. The van der Waals surface area contributed by atoms with Crippen LogP contribution in [0.25, 0.3) is 0 Å². The van der Waals surface area contributed by atoms with Crippen LogP contribution in [-0.4, -0.2) is 47.9 Å². The number of benzene rings is 1. The van der Waals surface area contributed by atoms with Gasteiger partial charge in [0.1, 0.15) is 0 Å². The van der Waals surface area contributed by atoms with E-state index in [1.54, 1.807) is 6.07 Å². The van der Waals surface area contributed by atoms with Crippen molar-refractivity contribution in [3.63, 3.8) is 0 Å². The van der Waals surface area contributed by atoms with E-state index in [0.29, 0.717) is 16.5 Å². The normalized spacial score (nSPS) is 23.8. The van der Waals surface area contributed by atoms with Crippen LogP contribution in [0.1, 0.15) is 45.1 Å². The van der Waals surface area contributed by atoms with E-state index >= 15 is 0 Å². The number of likely N-dealkylation sites (tertiary alicyclic amines) is 2. The van der Waals surface area contributed by atoms with Gasteiger partial charge in [0.15, 0.2) is 0 Å². The van der Waals surface area contributed by atoms with E-state index in [1.807, 2.05) is 12.1 Å². The van der Waals surface area contributed by atoms with E-state index in [0.717, 1.165) is 25.1 Å². The summed E-state index contributed by atoms with van der Waals surface area (Å²) in [5.74, 6) is 0.204. The van der Waals surface area contributed by atoms with Gasteiger partial charge in [-0.2, -0.15) is 0 Å². The number of carbonyl (C=O) groups excluding carboxylic acids is 1. The van der Waals surface area contributed by atoms with Crippen molar-refractivity contribution in [2.24, 2.45) is 5.41 Å². The smallest absolute Gasteiger partial charge is 0.227 e. The molecule has 1 amide bonds. The number of hydrogen-bond donors (Lipinski definition) is 0. The summed E-state index contributed by atoms with van der Waals surface area (Å²) in [5, 5.41) is 1.04. The lowest BCUT2D eigenvalue weighted by molar-refractivity contribution is -0.138. The first kappa shape index (κ1) is 19.0. The molecule has 0 aliphatic carbocycles. The molecule has 3 nitrogen and oxygen atoms in total. The Kier molecular flexibility index (Phi) is 5.97. The Morgan fingerprint density at radius 3 is 2.52 bits per heavy atom. The van der Waals surface area contributed by atoms with E-state index in [4.69, 9.17) is 23.2 Å². The van der Waals surface area contributed by atoms with Crippen LogP contribution >= 0.6 is 23.2 Å².